The molecule has 0 atom stereocenters. The van der Waals surface area contributed by atoms with E-state index in [9.17, 15) is 4.79 Å². The average molecular weight is 295 g/mol. The van der Waals surface area contributed by atoms with Gasteiger partial charge in [-0.1, -0.05) is 11.6 Å². The molecule has 0 unspecified atom stereocenters. The molecule has 1 aliphatic heterocycles. The molecule has 7 heteroatoms. The Morgan fingerprint density at radius 2 is 2.15 bits per heavy atom. The number of H-pyrrole nitrogens is 1. The number of aromatic amines is 1. The van der Waals surface area contributed by atoms with Gasteiger partial charge in [-0.15, -0.1) is 0 Å². The van der Waals surface area contributed by atoms with E-state index in [4.69, 9.17) is 26.2 Å². The molecule has 0 radical (unpaired) electrons. The lowest BCUT2D eigenvalue weighted by atomic mass is 10.0. The fraction of sp³-hybridized carbons (Fsp3) is 0.231. The minimum atomic E-state index is -1.07. The number of nitrogens with one attached hydrogen (secondary N) is 1. The van der Waals surface area contributed by atoms with E-state index in [2.05, 4.69) is 10.2 Å². The molecule has 0 spiro atoms. The van der Waals surface area contributed by atoms with Crippen LogP contribution in [0.1, 0.15) is 16.1 Å². The number of carboxylic acid groups (broad SMARTS) is 1. The predicted octanol–water partition coefficient (Wildman–Crippen LogP) is 2.51. The monoisotopic (exact) mass is 294 g/mol. The zero-order valence-electron chi connectivity index (χ0n) is 10.6. The average Bonchev–Trinajstić information content (AvgIpc) is 2.90. The lowest BCUT2D eigenvalue weighted by Crippen LogP contribution is -2.16. The molecule has 6 nitrogen and oxygen atoms in total. The number of hydrogen-bond donors (Lipinski definition) is 2. The highest BCUT2D eigenvalue weighted by molar-refractivity contribution is 6.32. The van der Waals surface area contributed by atoms with Crippen LogP contribution in [-0.2, 0) is 0 Å². The maximum atomic E-state index is 10.9. The van der Waals surface area contributed by atoms with Gasteiger partial charge in [-0.05, 0) is 18.6 Å². The topological polar surface area (TPSA) is 84.4 Å². The minimum Gasteiger partial charge on any atom is -0.486 e. The van der Waals surface area contributed by atoms with Crippen LogP contribution in [-0.4, -0.2) is 34.5 Å². The maximum Gasteiger partial charge on any atom is 0.353 e. The van der Waals surface area contributed by atoms with E-state index in [0.29, 0.717) is 41.0 Å². The Bertz CT molecular complexity index is 696. The number of nitrogens with zero attached hydrogens (tertiary/aromatic N) is 1. The Morgan fingerprint density at radius 3 is 2.85 bits per heavy atom. The summed E-state index contributed by atoms with van der Waals surface area (Å²) in [4.78, 5) is 10.9. The number of aromatic carboxylic acids is 1. The van der Waals surface area contributed by atoms with Crippen LogP contribution in [0.25, 0.3) is 11.3 Å². The Balaban J connectivity index is 2.20. The molecule has 0 saturated heterocycles. The normalized spacial score (nSPS) is 13.3. The van der Waals surface area contributed by atoms with Gasteiger partial charge in [-0.3, -0.25) is 5.10 Å². The van der Waals surface area contributed by atoms with Crippen LogP contribution < -0.4 is 9.47 Å². The van der Waals surface area contributed by atoms with E-state index in [0.717, 1.165) is 5.56 Å². The van der Waals surface area contributed by atoms with Crippen molar-refractivity contribution in [3.05, 3.63) is 28.4 Å². The second-order valence-electron chi connectivity index (χ2n) is 4.35. The van der Waals surface area contributed by atoms with Crippen molar-refractivity contribution in [2.75, 3.05) is 13.2 Å². The number of carbonyl (C=O) groups is 1. The third-order valence-corrected chi connectivity index (χ3v) is 3.49. The van der Waals surface area contributed by atoms with Gasteiger partial charge in [0, 0.05) is 11.1 Å². The van der Waals surface area contributed by atoms with Gasteiger partial charge in [-0.2, -0.15) is 5.10 Å². The highest BCUT2D eigenvalue weighted by atomic mass is 35.5. The van der Waals surface area contributed by atoms with Crippen molar-refractivity contribution in [3.8, 4) is 22.8 Å². The molecule has 0 aliphatic carbocycles. The third kappa shape index (κ3) is 1.98. The van der Waals surface area contributed by atoms with Crippen molar-refractivity contribution in [2.24, 2.45) is 0 Å². The largest absolute Gasteiger partial charge is 0.486 e. The van der Waals surface area contributed by atoms with Crippen LogP contribution in [0.2, 0.25) is 5.02 Å². The second-order valence-corrected chi connectivity index (χ2v) is 4.76. The Kier molecular flexibility index (Phi) is 3.02. The van der Waals surface area contributed by atoms with E-state index in [-0.39, 0.29) is 5.69 Å². The van der Waals surface area contributed by atoms with E-state index < -0.39 is 5.97 Å². The molecular formula is C13H11ClN2O4. The number of aromatic nitrogens is 2. The summed E-state index contributed by atoms with van der Waals surface area (Å²) in [6.45, 7) is 2.70. The standard InChI is InChI=1S/C13H11ClN2O4/c1-6-7(14)4-10-12(20-3-2-19-10)11(6)8-5-9(13(17)18)16-15-8/h4-5H,2-3H2,1H3,(H,15,16)(H,17,18). The Labute approximate surface area is 119 Å². The summed E-state index contributed by atoms with van der Waals surface area (Å²) in [6, 6.07) is 3.14. The highest BCUT2D eigenvalue weighted by Crippen LogP contribution is 2.44. The Hall–Kier alpha value is -2.21. The van der Waals surface area contributed by atoms with Crippen molar-refractivity contribution in [2.45, 2.75) is 6.92 Å². The highest BCUT2D eigenvalue weighted by Gasteiger charge is 2.24. The fourth-order valence-corrected chi connectivity index (χ4v) is 2.31. The number of ether oxygens (including phenoxy) is 2. The number of hydrogen-bond acceptors (Lipinski definition) is 4. The summed E-state index contributed by atoms with van der Waals surface area (Å²) < 4.78 is 11.1. The van der Waals surface area contributed by atoms with Crippen molar-refractivity contribution < 1.29 is 19.4 Å². The predicted molar refractivity (Wildman–Crippen MR) is 71.7 cm³/mol. The molecule has 0 fully saturated rings. The first-order valence-electron chi connectivity index (χ1n) is 5.95. The number of rotatable bonds is 2. The summed E-state index contributed by atoms with van der Waals surface area (Å²) in [5.41, 5.74) is 1.88. The van der Waals surface area contributed by atoms with Crippen LogP contribution in [0.3, 0.4) is 0 Å². The smallest absolute Gasteiger partial charge is 0.353 e. The summed E-state index contributed by atoms with van der Waals surface area (Å²) >= 11 is 6.18. The van der Waals surface area contributed by atoms with Crippen LogP contribution in [0.15, 0.2) is 12.1 Å². The summed E-state index contributed by atoms with van der Waals surface area (Å²) in [5, 5.41) is 16.0. The molecule has 0 amide bonds. The molecule has 2 heterocycles. The fourth-order valence-electron chi connectivity index (χ4n) is 2.12. The molecule has 2 N–H and O–H groups in total. The van der Waals surface area contributed by atoms with Gasteiger partial charge in [0.2, 0.25) is 0 Å². The molecule has 104 valence electrons. The van der Waals surface area contributed by atoms with E-state index in [1.165, 1.54) is 6.07 Å². The maximum absolute atomic E-state index is 10.9. The van der Waals surface area contributed by atoms with Crippen LogP contribution >= 0.6 is 11.6 Å². The number of halogens is 1. The first kappa shape index (κ1) is 12.8. The van der Waals surface area contributed by atoms with E-state index in [1.807, 2.05) is 6.92 Å². The molecule has 0 saturated carbocycles. The molecule has 0 bridgehead atoms. The third-order valence-electron chi connectivity index (χ3n) is 3.09. The van der Waals surface area contributed by atoms with Crippen molar-refractivity contribution >= 4 is 17.6 Å². The van der Waals surface area contributed by atoms with E-state index >= 15 is 0 Å². The van der Waals surface area contributed by atoms with Gasteiger partial charge in [0.1, 0.15) is 18.9 Å². The molecular weight excluding hydrogens is 284 g/mol. The van der Waals surface area contributed by atoms with Crippen molar-refractivity contribution in [1.82, 2.24) is 10.2 Å². The van der Waals surface area contributed by atoms with Crippen molar-refractivity contribution in [3.63, 3.8) is 0 Å². The molecule has 1 aromatic heterocycles. The first-order valence-corrected chi connectivity index (χ1v) is 6.33. The summed E-state index contributed by atoms with van der Waals surface area (Å²) in [7, 11) is 0. The molecule has 3 rings (SSSR count). The SMILES string of the molecule is Cc1c(Cl)cc2c(c1-c1cc(C(=O)O)[nH]n1)OCCO2. The lowest BCUT2D eigenvalue weighted by molar-refractivity contribution is 0.0690. The molecule has 2 aromatic rings. The van der Waals surface area contributed by atoms with Crippen LogP contribution in [0.4, 0.5) is 0 Å². The van der Waals surface area contributed by atoms with Gasteiger partial charge in [-0.25, -0.2) is 4.79 Å². The molecule has 20 heavy (non-hydrogen) atoms. The van der Waals surface area contributed by atoms with Crippen LogP contribution in [0, 0.1) is 6.92 Å². The Morgan fingerprint density at radius 1 is 1.40 bits per heavy atom. The van der Waals surface area contributed by atoms with Gasteiger partial charge < -0.3 is 14.6 Å². The van der Waals surface area contributed by atoms with E-state index in [1.54, 1.807) is 6.07 Å². The number of carboxylic acids is 1. The zero-order chi connectivity index (χ0) is 14.3. The number of fused-ring (bicyclic) bond motifs is 1. The zero-order valence-corrected chi connectivity index (χ0v) is 11.3. The van der Waals surface area contributed by atoms with Gasteiger partial charge in [0.25, 0.3) is 0 Å². The molecule has 1 aliphatic rings. The van der Waals surface area contributed by atoms with Gasteiger partial charge in [0.15, 0.2) is 11.5 Å². The van der Waals surface area contributed by atoms with Crippen molar-refractivity contribution in [1.29, 1.82) is 0 Å². The van der Waals surface area contributed by atoms with Gasteiger partial charge in [0.05, 0.1) is 11.3 Å². The first-order chi connectivity index (χ1) is 9.58. The minimum absolute atomic E-state index is 0.00449. The van der Waals surface area contributed by atoms with Gasteiger partial charge >= 0.3 is 5.97 Å². The lowest BCUT2D eigenvalue weighted by Gasteiger charge is -2.22. The van der Waals surface area contributed by atoms with Crippen LogP contribution in [0.5, 0.6) is 11.5 Å². The quantitative estimate of drug-likeness (QED) is 0.889. The second kappa shape index (κ2) is 4.72. The summed E-state index contributed by atoms with van der Waals surface area (Å²) in [5.74, 6) is 0.0118. The summed E-state index contributed by atoms with van der Waals surface area (Å²) in [6.07, 6.45) is 0. The molecule has 1 aromatic carbocycles. The number of benzene rings is 1.